The molecule has 0 atom stereocenters. The molecule has 5 aromatic heterocycles. The summed E-state index contributed by atoms with van der Waals surface area (Å²) in [7, 11) is 3.12. The van der Waals surface area contributed by atoms with Crippen molar-refractivity contribution in [3.63, 3.8) is 0 Å². The van der Waals surface area contributed by atoms with E-state index in [9.17, 15) is 42.3 Å². The van der Waals surface area contributed by atoms with Gasteiger partial charge in [0.1, 0.15) is 58.7 Å². The Kier molecular flexibility index (Phi) is 30.9. The SMILES string of the molecule is C=CC(=O)Nc1cccc(Nc2nc(Nc3ccc4c(c3)N(C(=O)OC(C)(C)C)CCO4)ncc2F)c1.C=CC(=O)Nc1cccc(Nc2nc(Nc3ccc4c(c3)NCCO4)ncc2F)c1.C=CC(=O)Nc1cccc(Oc2nc(Nc3ccc(OC)nc3)ncc2C(=O)NC2CC2)c1.C=CC(=O)Nc1cccc(Oc2nc(Nc3cccc(OC)c3)ncc2C(=O)NC2CC2)c1. The van der Waals surface area contributed by atoms with E-state index in [1.165, 1.54) is 42.6 Å². The molecule has 2 saturated carbocycles. The molecular formula is C94H91F2N23O14. The number of halogens is 2. The van der Waals surface area contributed by atoms with Crippen LogP contribution in [-0.2, 0) is 23.9 Å². The number of nitrogens with zero attached hydrogens (tertiary/aromatic N) is 10. The van der Waals surface area contributed by atoms with Gasteiger partial charge >= 0.3 is 6.09 Å². The zero-order valence-corrected chi connectivity index (χ0v) is 72.4. The van der Waals surface area contributed by atoms with Crippen LogP contribution in [0.3, 0.4) is 0 Å². The van der Waals surface area contributed by atoms with Crippen LogP contribution < -0.4 is 102 Å². The van der Waals surface area contributed by atoms with Crippen LogP contribution in [0.4, 0.5) is 117 Å². The van der Waals surface area contributed by atoms with Crippen LogP contribution in [0.1, 0.15) is 67.2 Å². The quantitative estimate of drug-likeness (QED) is 0.0186. The number of carbonyl (C=O) groups excluding carboxylic acids is 7. The molecule has 2 aliphatic carbocycles. The van der Waals surface area contributed by atoms with Gasteiger partial charge < -0.3 is 102 Å². The maximum Gasteiger partial charge on any atom is 0.415 e. The van der Waals surface area contributed by atoms with E-state index >= 15 is 0 Å². The Morgan fingerprint density at radius 2 is 0.842 bits per heavy atom. The predicted octanol–water partition coefficient (Wildman–Crippen LogP) is 16.9. The minimum absolute atomic E-state index is 0.000819. The second-order valence-electron chi connectivity index (χ2n) is 30.0. The van der Waals surface area contributed by atoms with Crippen LogP contribution in [0.5, 0.6) is 46.4 Å². The van der Waals surface area contributed by atoms with E-state index < -0.39 is 23.3 Å². The van der Waals surface area contributed by atoms with Gasteiger partial charge in [-0.2, -0.15) is 19.9 Å². The number of hydrogen-bond donors (Lipinski definition) is 13. The zero-order chi connectivity index (χ0) is 93.9. The molecule has 4 aliphatic rings. The molecule has 0 radical (unpaired) electrons. The lowest BCUT2D eigenvalue weighted by atomic mass is 10.2. The van der Waals surface area contributed by atoms with Crippen molar-refractivity contribution in [3.05, 3.63) is 274 Å². The third kappa shape index (κ3) is 27.7. The van der Waals surface area contributed by atoms with Crippen molar-refractivity contribution in [1.82, 2.24) is 55.5 Å². The lowest BCUT2D eigenvalue weighted by Gasteiger charge is -2.31. The summed E-state index contributed by atoms with van der Waals surface area (Å²) < 4.78 is 67.7. The van der Waals surface area contributed by atoms with Gasteiger partial charge in [0.25, 0.3) is 11.8 Å². The van der Waals surface area contributed by atoms with Crippen LogP contribution in [0.15, 0.2) is 251 Å². The van der Waals surface area contributed by atoms with Gasteiger partial charge in [-0.15, -0.1) is 0 Å². The van der Waals surface area contributed by atoms with Gasteiger partial charge in [0.15, 0.2) is 23.3 Å². The Labute approximate surface area is 761 Å². The topological polar surface area (TPSA) is 460 Å². The highest BCUT2D eigenvalue weighted by Gasteiger charge is 2.31. The molecule has 7 amide bonds. The summed E-state index contributed by atoms with van der Waals surface area (Å²) >= 11 is 0. The van der Waals surface area contributed by atoms with Gasteiger partial charge in [-0.05, 0) is 186 Å². The number of amides is 7. The number of nitrogens with one attached hydrogen (secondary N) is 13. The van der Waals surface area contributed by atoms with E-state index in [-0.39, 0.29) is 106 Å². The minimum Gasteiger partial charge on any atom is -0.497 e. The van der Waals surface area contributed by atoms with Crippen molar-refractivity contribution in [2.45, 2.75) is 64.1 Å². The third-order valence-corrected chi connectivity index (χ3v) is 18.6. The first kappa shape index (κ1) is 93.0. The zero-order valence-electron chi connectivity index (χ0n) is 72.4. The van der Waals surface area contributed by atoms with Crippen molar-refractivity contribution in [1.29, 1.82) is 0 Å². The smallest absolute Gasteiger partial charge is 0.415 e. The number of carbonyl (C=O) groups is 7. The molecule has 12 aromatic rings. The Hall–Kier alpha value is -17.7. The molecule has 2 fully saturated rings. The first-order valence-corrected chi connectivity index (χ1v) is 41.2. The number of rotatable bonds is 30. The van der Waals surface area contributed by atoms with Crippen molar-refractivity contribution in [2.24, 2.45) is 0 Å². The second-order valence-corrected chi connectivity index (χ2v) is 30.0. The predicted molar refractivity (Wildman–Crippen MR) is 500 cm³/mol. The molecule has 39 heteroatoms. The number of aromatic nitrogens is 9. The number of fused-ring (bicyclic) bond motifs is 2. The molecule has 680 valence electrons. The highest BCUT2D eigenvalue weighted by Crippen LogP contribution is 2.39. The monoisotopic (exact) mass is 1800 g/mol. The molecule has 0 saturated heterocycles. The third-order valence-electron chi connectivity index (χ3n) is 18.6. The van der Waals surface area contributed by atoms with Gasteiger partial charge in [-0.1, -0.05) is 56.6 Å². The van der Waals surface area contributed by atoms with E-state index in [2.05, 4.69) is 140 Å². The Bertz CT molecular complexity index is 6320. The summed E-state index contributed by atoms with van der Waals surface area (Å²) in [4.78, 5) is 124. The molecule has 37 nitrogen and oxygen atoms in total. The first-order chi connectivity index (χ1) is 64.3. The fourth-order valence-corrected chi connectivity index (χ4v) is 12.0. The molecule has 16 rings (SSSR count). The van der Waals surface area contributed by atoms with Crippen LogP contribution in [0.2, 0.25) is 0 Å². The van der Waals surface area contributed by atoms with Gasteiger partial charge in [0.05, 0.1) is 56.4 Å². The van der Waals surface area contributed by atoms with Crippen molar-refractivity contribution >= 4 is 145 Å². The van der Waals surface area contributed by atoms with Crippen LogP contribution in [0, 0.1) is 11.6 Å². The van der Waals surface area contributed by atoms with Gasteiger partial charge in [0.2, 0.25) is 65.1 Å². The molecule has 2 aliphatic heterocycles. The van der Waals surface area contributed by atoms with E-state index in [4.69, 9.17) is 33.2 Å². The molecule has 133 heavy (non-hydrogen) atoms. The molecule has 13 N–H and O–H groups in total. The second kappa shape index (κ2) is 44.2. The number of benzene rings is 7. The number of ether oxygens (including phenoxy) is 7. The lowest BCUT2D eigenvalue weighted by Crippen LogP contribution is -2.41. The maximum atomic E-state index is 14.5. The summed E-state index contributed by atoms with van der Waals surface area (Å²) in [6.07, 6.45) is 14.5. The lowest BCUT2D eigenvalue weighted by molar-refractivity contribution is -0.112. The van der Waals surface area contributed by atoms with E-state index in [1.54, 1.807) is 168 Å². The number of hydrogen-bond acceptors (Lipinski definition) is 30. The largest absolute Gasteiger partial charge is 0.497 e. The fraction of sp³-hybridized carbons (Fsp3) is 0.170. The van der Waals surface area contributed by atoms with E-state index in [1.807, 2.05) is 36.4 Å². The highest BCUT2D eigenvalue weighted by molar-refractivity contribution is 6.02. The summed E-state index contributed by atoms with van der Waals surface area (Å²) in [6, 6.07) is 48.8. The van der Waals surface area contributed by atoms with Crippen molar-refractivity contribution in [3.8, 4) is 46.4 Å². The average molecular weight is 1800 g/mol. The van der Waals surface area contributed by atoms with E-state index in [0.717, 1.165) is 67.8 Å². The number of methoxy groups -OCH3 is 2. The van der Waals surface area contributed by atoms with Crippen LogP contribution in [0.25, 0.3) is 0 Å². The Morgan fingerprint density at radius 1 is 0.436 bits per heavy atom. The number of pyridine rings is 1. The van der Waals surface area contributed by atoms with E-state index in [0.29, 0.717) is 106 Å². The molecular weight excluding hydrogens is 1710 g/mol. The molecule has 0 bridgehead atoms. The summed E-state index contributed by atoms with van der Waals surface area (Å²) in [5.74, 6) is 0.844. The number of anilines is 18. The van der Waals surface area contributed by atoms with Crippen LogP contribution in [-0.4, -0.2) is 145 Å². The van der Waals surface area contributed by atoms with Crippen molar-refractivity contribution < 1.29 is 75.5 Å². The highest BCUT2D eigenvalue weighted by atomic mass is 19.1. The molecule has 0 spiro atoms. The maximum absolute atomic E-state index is 14.5. The fourth-order valence-electron chi connectivity index (χ4n) is 12.0. The van der Waals surface area contributed by atoms with Gasteiger partial charge in [-0.25, -0.2) is 38.5 Å². The minimum atomic E-state index is -0.666. The molecule has 7 aromatic carbocycles. The van der Waals surface area contributed by atoms with Gasteiger partial charge in [0, 0.05) is 106 Å². The van der Waals surface area contributed by atoms with Crippen LogP contribution >= 0.6 is 0 Å². The Morgan fingerprint density at radius 3 is 1.30 bits per heavy atom. The molecule has 0 unspecified atom stereocenters. The first-order valence-electron chi connectivity index (χ1n) is 41.2. The standard InChI is InChI=1S/C26H27FN6O4.C24H23N5O4.C23H22N6O4.C21H19FN6O2/c1-5-22(34)29-16-7-6-8-17(13-16)30-23-19(27)15-28-24(32-23)31-18-9-10-21-20(14-18)33(11-12-36-21)25(35)37-26(2,3)4;1-3-21(30)26-16-6-5-9-19(13-16)33-23-20(22(31)27-15-10-11-15)14-25-24(29-23)28-17-7-4-8-18(12-17)32-2;1-3-19(30)26-15-5-4-6-17(11-15)33-22-18(21(31)27-14-7-8-14)13-25-23(29-22)28-16-9-10-20(32-2)24-12-16;1-2-19(29)25-13-4-3-5-14(10-13)26-20-16(22)12-24-21(28-20)27-15-6-7-18-17(11-15)23-8-9-30-18/h5-10,13-15H,1,11-12H2,2-4H3,(H,29,34)(H2,28,30,31,32);3-9,12-15H,1,10-11H2,2H3,(H,26,30)(H,27,31)(H,25,28,29);3-6,9-14H,1,7-8H2,2H3,(H,26,30)(H,27,31)(H,25,28,29);2-7,10-12,23H,1,8-9H2,(H,25,29)(H2,24,26,27,28). The summed E-state index contributed by atoms with van der Waals surface area (Å²) in [5.41, 5.74) is 6.93. The van der Waals surface area contributed by atoms with Crippen molar-refractivity contribution in [2.75, 3.05) is 104 Å². The average Bonchev–Trinajstić information content (AvgIpc) is 1.76. The summed E-state index contributed by atoms with van der Waals surface area (Å²) in [5, 5.41) is 37.7. The normalized spacial score (nSPS) is 12.4. The molecule has 7 heterocycles. The summed E-state index contributed by atoms with van der Waals surface area (Å²) in [6.45, 7) is 21.1. The Balaban J connectivity index is 0.000000151. The van der Waals surface area contributed by atoms with Gasteiger partial charge in [-0.3, -0.25) is 33.7 Å².